The number of hydrogen-bond acceptors (Lipinski definition) is 5. The highest BCUT2D eigenvalue weighted by molar-refractivity contribution is 6.51. The number of hydrogen-bond donors (Lipinski definition) is 1. The lowest BCUT2D eigenvalue weighted by atomic mass is 9.80. The van der Waals surface area contributed by atoms with Gasteiger partial charge in [0, 0.05) is 16.7 Å². The maximum absolute atomic E-state index is 10.5. The number of fused-ring (bicyclic) bond motifs is 1. The van der Waals surface area contributed by atoms with Gasteiger partial charge in [-0.15, -0.1) is 0 Å². The van der Waals surface area contributed by atoms with Crippen LogP contribution in [0.3, 0.4) is 0 Å². The highest BCUT2D eigenvalue weighted by atomic mass is 16.5. The number of aliphatic hydroxyl groups is 1. The molecule has 0 bridgehead atoms. The topological polar surface area (TPSA) is 68.1 Å². The Morgan fingerprint density at radius 1 is 0.595 bits per heavy atom. The van der Waals surface area contributed by atoms with Gasteiger partial charge in [-0.2, -0.15) is 0 Å². The summed E-state index contributed by atoms with van der Waals surface area (Å²) in [6.45, 7) is 7.25. The fourth-order valence-corrected chi connectivity index (χ4v) is 3.92. The third-order valence-corrected chi connectivity index (χ3v) is 6.85. The van der Waals surface area contributed by atoms with Crippen LogP contribution in [0.25, 0.3) is 44.9 Å². The molecule has 6 heteroatoms. The molecule has 0 unspecified atom stereocenters. The maximum Gasteiger partial charge on any atom is 0.331 e. The summed E-state index contributed by atoms with van der Waals surface area (Å²) in [6, 6.07) is 32.1. The number of rotatable bonds is 7. The van der Waals surface area contributed by atoms with Crippen LogP contribution < -0.4 is 5.46 Å². The molecule has 1 N–H and O–H groups in total. The van der Waals surface area contributed by atoms with Crippen LogP contribution in [0.5, 0.6) is 0 Å². The Morgan fingerprint density at radius 2 is 1.11 bits per heavy atom. The molecule has 0 fully saturated rings. The van der Waals surface area contributed by atoms with Crippen LogP contribution in [-0.2, 0) is 4.65 Å². The molecule has 0 amide bonds. The van der Waals surface area contributed by atoms with Crippen molar-refractivity contribution in [2.24, 2.45) is 0 Å². The van der Waals surface area contributed by atoms with Crippen molar-refractivity contribution in [1.29, 1.82) is 0 Å². The predicted molar refractivity (Wildman–Crippen MR) is 150 cm³/mol. The van der Waals surface area contributed by atoms with E-state index in [4.69, 9.17) is 19.6 Å². The lowest BCUT2D eigenvalue weighted by Crippen LogP contribution is -2.49. The van der Waals surface area contributed by atoms with Gasteiger partial charge in [-0.25, -0.2) is 15.0 Å². The standard InChI is InChI=1S/C31H29BN3O2/c1-30(2,36)31(3,4)37-32-26-20-12-17-23-24(26)18-11-19-25(23)29-34-27(21-13-7-5-8-14-21)33-28(35-29)22-15-9-6-10-16-22/h5-20,36H,1-4H3. The van der Waals surface area contributed by atoms with Gasteiger partial charge in [-0.05, 0) is 43.9 Å². The van der Waals surface area contributed by atoms with Crippen LogP contribution in [0.15, 0.2) is 97.1 Å². The summed E-state index contributed by atoms with van der Waals surface area (Å²) in [5.41, 5.74) is 1.91. The van der Waals surface area contributed by atoms with Crippen molar-refractivity contribution in [3.63, 3.8) is 0 Å². The Bertz CT molecular complexity index is 1470. The van der Waals surface area contributed by atoms with E-state index in [2.05, 4.69) is 12.1 Å². The first-order valence-electron chi connectivity index (χ1n) is 12.4. The largest absolute Gasteiger partial charge is 0.427 e. The first-order chi connectivity index (χ1) is 17.7. The Hall–Kier alpha value is -3.87. The molecule has 1 aromatic heterocycles. The van der Waals surface area contributed by atoms with E-state index in [0.29, 0.717) is 17.5 Å². The summed E-state index contributed by atoms with van der Waals surface area (Å²) in [6.07, 6.45) is 0. The van der Waals surface area contributed by atoms with Gasteiger partial charge in [0.1, 0.15) is 0 Å². The number of aromatic nitrogens is 3. The monoisotopic (exact) mass is 486 g/mol. The van der Waals surface area contributed by atoms with E-state index < -0.39 is 11.2 Å². The molecule has 0 aliphatic heterocycles. The highest BCUT2D eigenvalue weighted by Crippen LogP contribution is 2.30. The van der Waals surface area contributed by atoms with E-state index in [0.717, 1.165) is 32.9 Å². The second-order valence-electron chi connectivity index (χ2n) is 10.1. The van der Waals surface area contributed by atoms with Crippen LogP contribution in [-0.4, -0.2) is 38.7 Å². The van der Waals surface area contributed by atoms with E-state index >= 15 is 0 Å². The zero-order valence-electron chi connectivity index (χ0n) is 21.5. The average Bonchev–Trinajstić information content (AvgIpc) is 2.91. The minimum atomic E-state index is -1.01. The first kappa shape index (κ1) is 24.8. The summed E-state index contributed by atoms with van der Waals surface area (Å²) in [4.78, 5) is 14.6. The molecular weight excluding hydrogens is 457 g/mol. The van der Waals surface area contributed by atoms with Crippen LogP contribution in [0.2, 0.25) is 0 Å². The van der Waals surface area contributed by atoms with Crippen LogP contribution in [0.4, 0.5) is 0 Å². The molecule has 37 heavy (non-hydrogen) atoms. The Kier molecular flexibility index (Phi) is 6.63. The molecule has 0 saturated heterocycles. The smallest absolute Gasteiger partial charge is 0.331 e. The summed E-state index contributed by atoms with van der Waals surface area (Å²) in [5.74, 6) is 1.85. The van der Waals surface area contributed by atoms with E-state index in [1.807, 2.05) is 98.8 Å². The second-order valence-corrected chi connectivity index (χ2v) is 10.1. The van der Waals surface area contributed by atoms with E-state index in [1.54, 1.807) is 21.3 Å². The average molecular weight is 486 g/mol. The summed E-state index contributed by atoms with van der Waals surface area (Å²) < 4.78 is 6.07. The first-order valence-corrected chi connectivity index (χ1v) is 12.4. The van der Waals surface area contributed by atoms with Gasteiger partial charge in [-0.1, -0.05) is 97.1 Å². The van der Waals surface area contributed by atoms with Crippen molar-refractivity contribution in [1.82, 2.24) is 15.0 Å². The van der Waals surface area contributed by atoms with E-state index in [-0.39, 0.29) is 0 Å². The summed E-state index contributed by atoms with van der Waals surface area (Å²) >= 11 is 0. The molecule has 183 valence electrons. The van der Waals surface area contributed by atoms with Crippen molar-refractivity contribution < 1.29 is 9.76 Å². The van der Waals surface area contributed by atoms with Gasteiger partial charge >= 0.3 is 7.48 Å². The molecule has 0 spiro atoms. The minimum absolute atomic E-state index is 0.605. The SMILES string of the molecule is CC(C)(O)C(C)(C)O[B]c1cccc2c(-c3nc(-c4ccccc4)nc(-c4ccccc4)n3)cccc12. The van der Waals surface area contributed by atoms with Crippen molar-refractivity contribution >= 4 is 23.7 Å². The van der Waals surface area contributed by atoms with E-state index in [9.17, 15) is 5.11 Å². The Balaban J connectivity index is 1.63. The van der Waals surface area contributed by atoms with Gasteiger partial charge < -0.3 is 9.76 Å². The third kappa shape index (κ3) is 5.17. The molecule has 5 rings (SSSR count). The molecule has 1 radical (unpaired) electrons. The van der Waals surface area contributed by atoms with Gasteiger partial charge in [0.2, 0.25) is 0 Å². The van der Waals surface area contributed by atoms with Gasteiger partial charge in [-0.3, -0.25) is 0 Å². The highest BCUT2D eigenvalue weighted by Gasteiger charge is 2.35. The fraction of sp³-hybridized carbons (Fsp3) is 0.194. The third-order valence-electron chi connectivity index (χ3n) is 6.85. The molecule has 0 aliphatic rings. The van der Waals surface area contributed by atoms with Gasteiger partial charge in [0.05, 0.1) is 11.2 Å². The summed E-state index contributed by atoms with van der Waals surface area (Å²) in [7, 11) is 1.72. The number of nitrogens with zero attached hydrogens (tertiary/aromatic N) is 3. The molecule has 1 heterocycles. The predicted octanol–water partition coefficient (Wildman–Crippen LogP) is 5.84. The lowest BCUT2D eigenvalue weighted by Gasteiger charge is -2.37. The van der Waals surface area contributed by atoms with Gasteiger partial charge in [0.25, 0.3) is 0 Å². The molecular formula is C31H29BN3O2. The second kappa shape index (κ2) is 9.89. The minimum Gasteiger partial charge on any atom is -0.427 e. The quantitative estimate of drug-likeness (QED) is 0.293. The van der Waals surface area contributed by atoms with Crippen molar-refractivity contribution in [2.45, 2.75) is 38.9 Å². The fourth-order valence-electron chi connectivity index (χ4n) is 3.92. The zero-order chi connectivity index (χ0) is 26.0. The zero-order valence-corrected chi connectivity index (χ0v) is 21.5. The Labute approximate surface area is 218 Å². The van der Waals surface area contributed by atoms with Crippen molar-refractivity contribution in [2.75, 3.05) is 0 Å². The van der Waals surface area contributed by atoms with E-state index in [1.165, 1.54) is 0 Å². The van der Waals surface area contributed by atoms with Crippen LogP contribution >= 0.6 is 0 Å². The maximum atomic E-state index is 10.5. The molecule has 0 aliphatic carbocycles. The normalized spacial score (nSPS) is 12.0. The Morgan fingerprint density at radius 3 is 1.68 bits per heavy atom. The molecule has 0 atom stereocenters. The molecule has 4 aromatic carbocycles. The van der Waals surface area contributed by atoms with Crippen LogP contribution in [0.1, 0.15) is 27.7 Å². The van der Waals surface area contributed by atoms with Crippen LogP contribution in [0, 0.1) is 0 Å². The molecule has 5 nitrogen and oxygen atoms in total. The van der Waals surface area contributed by atoms with Crippen molar-refractivity contribution in [3.8, 4) is 34.2 Å². The van der Waals surface area contributed by atoms with Crippen molar-refractivity contribution in [3.05, 3.63) is 97.1 Å². The number of benzene rings is 4. The summed E-state index contributed by atoms with van der Waals surface area (Å²) in [5, 5.41) is 12.5. The molecule has 5 aromatic rings. The van der Waals surface area contributed by atoms with Gasteiger partial charge in [0.15, 0.2) is 17.5 Å². The molecule has 0 saturated carbocycles. The lowest BCUT2D eigenvalue weighted by molar-refractivity contribution is -0.0893.